The van der Waals surface area contributed by atoms with E-state index in [-0.39, 0.29) is 5.60 Å². The van der Waals surface area contributed by atoms with Crippen molar-refractivity contribution >= 4 is 0 Å². The summed E-state index contributed by atoms with van der Waals surface area (Å²) in [6.45, 7) is 7.04. The molecule has 0 unspecified atom stereocenters. The van der Waals surface area contributed by atoms with Crippen molar-refractivity contribution in [2.45, 2.75) is 57.2 Å². The van der Waals surface area contributed by atoms with Gasteiger partial charge in [-0.1, -0.05) is 31.2 Å². The molecule has 0 aromatic heterocycles. The highest BCUT2D eigenvalue weighted by molar-refractivity contribution is 5.44. The highest BCUT2D eigenvalue weighted by Crippen LogP contribution is 2.63. The van der Waals surface area contributed by atoms with Crippen molar-refractivity contribution in [1.29, 1.82) is 0 Å². The number of hydrogen-bond donors (Lipinski definition) is 0. The summed E-state index contributed by atoms with van der Waals surface area (Å²) in [5.41, 5.74) is 3.46. The molecule has 0 spiro atoms. The lowest BCUT2D eigenvalue weighted by Crippen LogP contribution is -2.50. The highest BCUT2D eigenvalue weighted by atomic mass is 16.5. The number of fused-ring (bicyclic) bond motifs is 4. The molecular weight excluding hydrogens is 220 g/mol. The van der Waals surface area contributed by atoms with Crippen molar-refractivity contribution in [1.82, 2.24) is 0 Å². The van der Waals surface area contributed by atoms with Crippen LogP contribution < -0.4 is 0 Å². The van der Waals surface area contributed by atoms with Crippen molar-refractivity contribution in [3.05, 3.63) is 35.4 Å². The van der Waals surface area contributed by atoms with Gasteiger partial charge in [-0.2, -0.15) is 0 Å². The maximum Gasteiger partial charge on any atom is 0.0871 e. The van der Waals surface area contributed by atoms with Gasteiger partial charge in [-0.05, 0) is 61.5 Å². The number of hydrogen-bond acceptors (Lipinski definition) is 1. The van der Waals surface area contributed by atoms with Crippen molar-refractivity contribution in [2.24, 2.45) is 11.8 Å². The first-order valence-corrected chi connectivity index (χ1v) is 7.29. The maximum atomic E-state index is 6.52. The van der Waals surface area contributed by atoms with Crippen LogP contribution in [0.5, 0.6) is 0 Å². The average molecular weight is 242 g/mol. The fourth-order valence-corrected chi connectivity index (χ4v) is 4.82. The molecular formula is C17H22O. The Morgan fingerprint density at radius 3 is 2.78 bits per heavy atom. The number of benzene rings is 1. The smallest absolute Gasteiger partial charge is 0.0871 e. The summed E-state index contributed by atoms with van der Waals surface area (Å²) in [5, 5.41) is 0. The monoisotopic (exact) mass is 242 g/mol. The van der Waals surface area contributed by atoms with Gasteiger partial charge in [-0.3, -0.25) is 0 Å². The lowest BCUT2D eigenvalue weighted by molar-refractivity contribution is -0.192. The van der Waals surface area contributed by atoms with E-state index >= 15 is 0 Å². The standard InChI is InChI=1S/C17H22O/c1-16(2)11-8-9-17(3)13-7-5-4-6-12(13)15(18-16)14(17)10-11/h4-7,11,14-15H,8-10H2,1-3H3/t11-,14+,15+,17+/m0/s1. The Balaban J connectivity index is 1.91. The summed E-state index contributed by atoms with van der Waals surface area (Å²) in [7, 11) is 0. The largest absolute Gasteiger partial charge is 0.367 e. The second-order valence-electron chi connectivity index (χ2n) is 7.22. The van der Waals surface area contributed by atoms with E-state index < -0.39 is 0 Å². The Hall–Kier alpha value is -0.820. The van der Waals surface area contributed by atoms with Crippen molar-refractivity contribution < 1.29 is 4.74 Å². The molecule has 96 valence electrons. The van der Waals surface area contributed by atoms with Crippen LogP contribution in [0.15, 0.2) is 24.3 Å². The highest BCUT2D eigenvalue weighted by Gasteiger charge is 2.58. The van der Waals surface area contributed by atoms with Crippen LogP contribution in [0.4, 0.5) is 0 Å². The normalized spacial score (nSPS) is 43.6. The molecule has 1 aromatic rings. The molecule has 2 bridgehead atoms. The summed E-state index contributed by atoms with van der Waals surface area (Å²) < 4.78 is 6.52. The van der Waals surface area contributed by atoms with Crippen LogP contribution in [0.25, 0.3) is 0 Å². The fourth-order valence-electron chi connectivity index (χ4n) is 4.82. The molecule has 1 saturated carbocycles. The molecule has 2 aliphatic carbocycles. The molecule has 0 N–H and O–H groups in total. The lowest BCUT2D eigenvalue weighted by atomic mass is 9.60. The quantitative estimate of drug-likeness (QED) is 0.661. The Kier molecular flexibility index (Phi) is 1.96. The van der Waals surface area contributed by atoms with Gasteiger partial charge in [0.2, 0.25) is 0 Å². The minimum absolute atomic E-state index is 0.0555. The zero-order valence-electron chi connectivity index (χ0n) is 11.6. The first-order chi connectivity index (χ1) is 8.52. The molecule has 1 aromatic carbocycles. The van der Waals surface area contributed by atoms with Gasteiger partial charge < -0.3 is 4.74 Å². The minimum Gasteiger partial charge on any atom is -0.367 e. The fraction of sp³-hybridized carbons (Fsp3) is 0.647. The van der Waals surface area contributed by atoms with Gasteiger partial charge in [0.15, 0.2) is 0 Å². The second-order valence-corrected chi connectivity index (χ2v) is 7.22. The summed E-state index contributed by atoms with van der Waals surface area (Å²) in [6, 6.07) is 8.99. The molecule has 18 heavy (non-hydrogen) atoms. The molecule has 1 aliphatic heterocycles. The third-order valence-corrected chi connectivity index (χ3v) is 6.03. The van der Waals surface area contributed by atoms with E-state index in [1.54, 1.807) is 5.56 Å². The molecule has 2 fully saturated rings. The zero-order valence-corrected chi connectivity index (χ0v) is 11.6. The molecule has 1 saturated heterocycles. The zero-order chi connectivity index (χ0) is 12.5. The second kappa shape index (κ2) is 3.19. The molecule has 0 radical (unpaired) electrons. The van der Waals surface area contributed by atoms with E-state index in [1.807, 2.05) is 0 Å². The van der Waals surface area contributed by atoms with Crippen LogP contribution in [0.1, 0.15) is 57.3 Å². The van der Waals surface area contributed by atoms with Crippen LogP contribution in [0.3, 0.4) is 0 Å². The SMILES string of the molecule is CC1(C)O[C@@H]2c3ccccc3[C@@]3(C)CC[C@H]1C[C@H]23. The number of ether oxygens (including phenoxy) is 1. The third kappa shape index (κ3) is 1.17. The topological polar surface area (TPSA) is 9.23 Å². The summed E-state index contributed by atoms with van der Waals surface area (Å²) >= 11 is 0. The predicted octanol–water partition coefficient (Wildman–Crippen LogP) is 4.22. The Morgan fingerprint density at radius 2 is 1.94 bits per heavy atom. The van der Waals surface area contributed by atoms with Crippen molar-refractivity contribution in [2.75, 3.05) is 0 Å². The van der Waals surface area contributed by atoms with E-state index in [0.717, 1.165) is 5.92 Å². The Bertz CT molecular complexity index is 504. The minimum atomic E-state index is 0.0555. The van der Waals surface area contributed by atoms with E-state index in [9.17, 15) is 0 Å². The average Bonchev–Trinajstić information content (AvgIpc) is 2.61. The maximum absolute atomic E-state index is 6.52. The summed E-state index contributed by atoms with van der Waals surface area (Å²) in [6.07, 6.45) is 4.35. The van der Waals surface area contributed by atoms with Gasteiger partial charge in [0.05, 0.1) is 11.7 Å². The summed E-state index contributed by atoms with van der Waals surface area (Å²) in [5.74, 6) is 1.46. The molecule has 4 atom stereocenters. The Labute approximate surface area is 110 Å². The van der Waals surface area contributed by atoms with Gasteiger partial charge >= 0.3 is 0 Å². The van der Waals surface area contributed by atoms with Gasteiger partial charge in [-0.15, -0.1) is 0 Å². The van der Waals surface area contributed by atoms with E-state index in [0.29, 0.717) is 17.4 Å². The molecule has 1 heteroatoms. The molecule has 0 amide bonds. The van der Waals surface area contributed by atoms with Gasteiger partial charge in [0.1, 0.15) is 0 Å². The van der Waals surface area contributed by atoms with Crippen LogP contribution in [-0.4, -0.2) is 5.60 Å². The molecule has 4 rings (SSSR count). The molecule has 3 aliphatic rings. The molecule has 1 nitrogen and oxygen atoms in total. The predicted molar refractivity (Wildman–Crippen MR) is 72.5 cm³/mol. The number of rotatable bonds is 0. The van der Waals surface area contributed by atoms with Crippen LogP contribution in [-0.2, 0) is 10.2 Å². The van der Waals surface area contributed by atoms with Crippen molar-refractivity contribution in [3.63, 3.8) is 0 Å². The summed E-state index contributed by atoms with van der Waals surface area (Å²) in [4.78, 5) is 0. The van der Waals surface area contributed by atoms with Crippen LogP contribution in [0, 0.1) is 11.8 Å². The molecule has 1 heterocycles. The van der Waals surface area contributed by atoms with Gasteiger partial charge in [0.25, 0.3) is 0 Å². The van der Waals surface area contributed by atoms with Crippen LogP contribution in [0.2, 0.25) is 0 Å². The van der Waals surface area contributed by atoms with E-state index in [4.69, 9.17) is 4.74 Å². The van der Waals surface area contributed by atoms with Gasteiger partial charge in [0, 0.05) is 0 Å². The lowest BCUT2D eigenvalue weighted by Gasteiger charge is -2.52. The first kappa shape index (κ1) is 11.0. The van der Waals surface area contributed by atoms with E-state index in [1.165, 1.54) is 24.8 Å². The van der Waals surface area contributed by atoms with Gasteiger partial charge in [-0.25, -0.2) is 0 Å². The van der Waals surface area contributed by atoms with E-state index in [2.05, 4.69) is 45.0 Å². The van der Waals surface area contributed by atoms with Crippen molar-refractivity contribution in [3.8, 4) is 0 Å². The van der Waals surface area contributed by atoms with Crippen LogP contribution >= 0.6 is 0 Å². The third-order valence-electron chi connectivity index (χ3n) is 6.03. The Morgan fingerprint density at radius 1 is 1.17 bits per heavy atom. The first-order valence-electron chi connectivity index (χ1n) is 7.29.